The second-order valence-corrected chi connectivity index (χ2v) is 12.0. The second kappa shape index (κ2) is 12.2. The number of aromatic nitrogens is 3. The molecule has 0 aliphatic carbocycles. The van der Waals surface area contributed by atoms with Crippen molar-refractivity contribution in [2.75, 3.05) is 0 Å². The number of nitrogens with zero attached hydrogens (tertiary/aromatic N) is 3. The van der Waals surface area contributed by atoms with Crippen LogP contribution in [0.1, 0.15) is 0 Å². The van der Waals surface area contributed by atoms with Crippen molar-refractivity contribution in [3.8, 4) is 67.5 Å². The van der Waals surface area contributed by atoms with Gasteiger partial charge in [0.25, 0.3) is 0 Å². The zero-order valence-corrected chi connectivity index (χ0v) is 26.5. The van der Waals surface area contributed by atoms with Gasteiger partial charge in [0.05, 0.1) is 0 Å². The molecule has 0 bridgehead atoms. The van der Waals surface area contributed by atoms with Gasteiger partial charge in [0.15, 0.2) is 17.5 Å². The van der Waals surface area contributed by atoms with Crippen LogP contribution in [0.15, 0.2) is 180 Å². The summed E-state index contributed by atoms with van der Waals surface area (Å²) in [5.74, 6) is 1.83. The molecule has 9 rings (SSSR count). The summed E-state index contributed by atoms with van der Waals surface area (Å²) in [6.07, 6.45) is 0. The first kappa shape index (κ1) is 28.6. The number of furan rings is 1. The fraction of sp³-hybridized carbons (Fsp3) is 0. The van der Waals surface area contributed by atoms with Crippen LogP contribution in [0.3, 0.4) is 0 Å². The van der Waals surface area contributed by atoms with E-state index >= 15 is 0 Å². The van der Waals surface area contributed by atoms with Gasteiger partial charge in [0.2, 0.25) is 0 Å². The number of benzene rings is 7. The number of hydrogen-bond donors (Lipinski definition) is 0. The molecule has 0 N–H and O–H groups in total. The Bertz CT molecular complexity index is 2590. The lowest BCUT2D eigenvalue weighted by Gasteiger charge is -2.12. The average Bonchev–Trinajstić information content (AvgIpc) is 3.57. The fourth-order valence-corrected chi connectivity index (χ4v) is 6.59. The van der Waals surface area contributed by atoms with Crippen LogP contribution in [0.4, 0.5) is 0 Å². The Hall–Kier alpha value is -6.65. The summed E-state index contributed by atoms with van der Waals surface area (Å²) < 4.78 is 6.36. The Kier molecular flexibility index (Phi) is 7.10. The molecule has 7 aromatic carbocycles. The smallest absolute Gasteiger partial charge is 0.164 e. The van der Waals surface area contributed by atoms with Gasteiger partial charge >= 0.3 is 0 Å². The van der Waals surface area contributed by atoms with Crippen molar-refractivity contribution in [1.29, 1.82) is 0 Å². The molecule has 0 amide bonds. The van der Waals surface area contributed by atoms with Crippen LogP contribution in [-0.2, 0) is 0 Å². The summed E-state index contributed by atoms with van der Waals surface area (Å²) in [5, 5.41) is 2.09. The first-order chi connectivity index (χ1) is 24.3. The number of rotatable bonds is 6. The van der Waals surface area contributed by atoms with E-state index in [1.807, 2.05) is 48.5 Å². The van der Waals surface area contributed by atoms with E-state index in [9.17, 15) is 0 Å². The van der Waals surface area contributed by atoms with Crippen LogP contribution in [-0.4, -0.2) is 15.0 Å². The molecule has 0 saturated carbocycles. The van der Waals surface area contributed by atoms with Crippen molar-refractivity contribution in [2.24, 2.45) is 0 Å². The third-order valence-electron chi connectivity index (χ3n) is 8.95. The quantitative estimate of drug-likeness (QED) is 0.184. The molecule has 0 aliphatic heterocycles. The van der Waals surface area contributed by atoms with E-state index in [0.29, 0.717) is 17.5 Å². The molecule has 4 nitrogen and oxygen atoms in total. The molecule has 9 aromatic rings. The lowest BCUT2D eigenvalue weighted by Crippen LogP contribution is -2.01. The van der Waals surface area contributed by atoms with Crippen molar-refractivity contribution in [2.45, 2.75) is 0 Å². The fourth-order valence-electron chi connectivity index (χ4n) is 6.59. The molecular formula is C45H29N3O. The van der Waals surface area contributed by atoms with Crippen LogP contribution >= 0.6 is 0 Å². The van der Waals surface area contributed by atoms with Gasteiger partial charge in [-0.3, -0.25) is 0 Å². The van der Waals surface area contributed by atoms with Crippen molar-refractivity contribution >= 4 is 21.9 Å². The van der Waals surface area contributed by atoms with E-state index in [1.54, 1.807) is 0 Å². The predicted molar refractivity (Wildman–Crippen MR) is 200 cm³/mol. The summed E-state index contributed by atoms with van der Waals surface area (Å²) in [7, 11) is 0. The summed E-state index contributed by atoms with van der Waals surface area (Å²) >= 11 is 0. The molecule has 0 aliphatic rings. The maximum absolute atomic E-state index is 6.36. The third-order valence-corrected chi connectivity index (χ3v) is 8.95. The van der Waals surface area contributed by atoms with Gasteiger partial charge in [-0.1, -0.05) is 146 Å². The maximum atomic E-state index is 6.36. The molecule has 230 valence electrons. The van der Waals surface area contributed by atoms with Crippen molar-refractivity contribution in [1.82, 2.24) is 15.0 Å². The maximum Gasteiger partial charge on any atom is 0.164 e. The molecule has 4 heteroatoms. The van der Waals surface area contributed by atoms with Gasteiger partial charge in [-0.05, 0) is 63.7 Å². The highest BCUT2D eigenvalue weighted by Crippen LogP contribution is 2.39. The van der Waals surface area contributed by atoms with Gasteiger partial charge < -0.3 is 4.42 Å². The minimum atomic E-state index is 0.599. The van der Waals surface area contributed by atoms with Gasteiger partial charge in [-0.2, -0.15) is 0 Å². The lowest BCUT2D eigenvalue weighted by molar-refractivity contribution is 0.669. The molecule has 2 heterocycles. The lowest BCUT2D eigenvalue weighted by atomic mass is 9.98. The van der Waals surface area contributed by atoms with Gasteiger partial charge in [-0.25, -0.2) is 15.0 Å². The van der Waals surface area contributed by atoms with Crippen LogP contribution in [0.5, 0.6) is 0 Å². The number of fused-ring (bicyclic) bond motifs is 3. The molecule has 0 spiro atoms. The molecule has 0 atom stereocenters. The van der Waals surface area contributed by atoms with Crippen molar-refractivity contribution in [3.63, 3.8) is 0 Å². The predicted octanol–water partition coefficient (Wildman–Crippen LogP) is 11.8. The molecule has 0 saturated heterocycles. The summed E-state index contributed by atoms with van der Waals surface area (Å²) in [5.41, 5.74) is 11.1. The van der Waals surface area contributed by atoms with E-state index < -0.39 is 0 Å². The van der Waals surface area contributed by atoms with E-state index in [0.717, 1.165) is 72.0 Å². The van der Waals surface area contributed by atoms with Crippen LogP contribution in [0.25, 0.3) is 89.5 Å². The highest BCUT2D eigenvalue weighted by atomic mass is 16.3. The van der Waals surface area contributed by atoms with Crippen LogP contribution in [0.2, 0.25) is 0 Å². The van der Waals surface area contributed by atoms with Gasteiger partial charge in [0, 0.05) is 27.5 Å². The molecule has 0 radical (unpaired) electrons. The van der Waals surface area contributed by atoms with Crippen molar-refractivity contribution in [3.05, 3.63) is 176 Å². The van der Waals surface area contributed by atoms with Crippen molar-refractivity contribution < 1.29 is 4.42 Å². The van der Waals surface area contributed by atoms with Gasteiger partial charge in [0.1, 0.15) is 11.2 Å². The number of hydrogen-bond acceptors (Lipinski definition) is 4. The van der Waals surface area contributed by atoms with Crippen LogP contribution < -0.4 is 0 Å². The highest BCUT2D eigenvalue weighted by molar-refractivity contribution is 6.13. The SMILES string of the molecule is c1ccc(-c2cccc(-c3nc(-c4ccc5oc6cccc(-c7ccccc7)c6c5c4)nc(-c4ccccc4-c4ccccc4)n3)c2)cc1. The Morgan fingerprint density at radius 2 is 0.816 bits per heavy atom. The topological polar surface area (TPSA) is 51.8 Å². The molecule has 0 fully saturated rings. The molecule has 2 aromatic heterocycles. The summed E-state index contributed by atoms with van der Waals surface area (Å²) in [6, 6.07) is 60.4. The molecule has 49 heavy (non-hydrogen) atoms. The Morgan fingerprint density at radius 1 is 0.306 bits per heavy atom. The zero-order valence-electron chi connectivity index (χ0n) is 26.5. The van der Waals surface area contributed by atoms with Gasteiger partial charge in [-0.15, -0.1) is 0 Å². The van der Waals surface area contributed by atoms with E-state index in [-0.39, 0.29) is 0 Å². The minimum Gasteiger partial charge on any atom is -0.456 e. The van der Waals surface area contributed by atoms with E-state index in [2.05, 4.69) is 127 Å². The monoisotopic (exact) mass is 627 g/mol. The highest BCUT2D eigenvalue weighted by Gasteiger charge is 2.18. The van der Waals surface area contributed by atoms with E-state index in [4.69, 9.17) is 19.4 Å². The first-order valence-electron chi connectivity index (χ1n) is 16.4. The second-order valence-electron chi connectivity index (χ2n) is 12.0. The summed E-state index contributed by atoms with van der Waals surface area (Å²) in [6.45, 7) is 0. The standard InChI is InChI=1S/C45H29N3O/c1-4-14-30(15-5-1)33-20-12-21-34(28-33)43-46-44(48-45(47-43)38-23-11-10-22-36(38)31-16-6-2-7-17-31)35-26-27-40-39(29-35)42-37(24-13-25-41(42)49-40)32-18-8-3-9-19-32/h1-29H. The first-order valence-corrected chi connectivity index (χ1v) is 16.4. The summed E-state index contributed by atoms with van der Waals surface area (Å²) in [4.78, 5) is 15.4. The largest absolute Gasteiger partial charge is 0.456 e. The van der Waals surface area contributed by atoms with E-state index in [1.165, 1.54) is 0 Å². The average molecular weight is 628 g/mol. The third kappa shape index (κ3) is 5.35. The Balaban J connectivity index is 1.26. The molecular weight excluding hydrogens is 599 g/mol. The Labute approximate surface area is 284 Å². The normalized spacial score (nSPS) is 11.3. The Morgan fingerprint density at radius 3 is 1.53 bits per heavy atom. The minimum absolute atomic E-state index is 0.599. The van der Waals surface area contributed by atoms with Crippen LogP contribution in [0, 0.1) is 0 Å². The zero-order chi connectivity index (χ0) is 32.6. The molecule has 0 unspecified atom stereocenters.